The molecule has 178 valence electrons. The fraction of sp³-hybridized carbons (Fsp3) is 0.0811. The van der Waals surface area contributed by atoms with Crippen LogP contribution in [-0.4, -0.2) is 4.40 Å². The summed E-state index contributed by atoms with van der Waals surface area (Å²) in [6.07, 6.45) is 0. The maximum atomic E-state index is 2.50. The van der Waals surface area contributed by atoms with Gasteiger partial charge in [0.15, 0.2) is 0 Å². The minimum atomic E-state index is -0.0306. The van der Waals surface area contributed by atoms with Gasteiger partial charge in [-0.25, -0.2) is 0 Å². The van der Waals surface area contributed by atoms with Crippen molar-refractivity contribution >= 4 is 48.9 Å². The molecule has 6 aromatic carbocycles. The van der Waals surface area contributed by atoms with E-state index in [0.29, 0.717) is 0 Å². The summed E-state index contributed by atoms with van der Waals surface area (Å²) < 4.78 is 2.50. The molecular formula is C37H25N. The predicted molar refractivity (Wildman–Crippen MR) is 162 cm³/mol. The van der Waals surface area contributed by atoms with Gasteiger partial charge in [0.1, 0.15) is 0 Å². The molecule has 0 N–H and O–H groups in total. The van der Waals surface area contributed by atoms with Gasteiger partial charge in [-0.05, 0) is 62.4 Å². The van der Waals surface area contributed by atoms with Gasteiger partial charge in [-0.3, -0.25) is 0 Å². The largest absolute Gasteiger partial charge is 0.308 e. The van der Waals surface area contributed by atoms with Gasteiger partial charge in [0, 0.05) is 27.0 Å². The monoisotopic (exact) mass is 483 g/mol. The second kappa shape index (κ2) is 6.82. The van der Waals surface area contributed by atoms with Crippen molar-refractivity contribution in [2.45, 2.75) is 19.3 Å². The Morgan fingerprint density at radius 1 is 0.526 bits per heavy atom. The number of para-hydroxylation sites is 2. The van der Waals surface area contributed by atoms with E-state index in [4.69, 9.17) is 0 Å². The molecule has 8 aromatic rings. The number of nitrogens with zero attached hydrogens (tertiary/aromatic N) is 1. The summed E-state index contributed by atoms with van der Waals surface area (Å²) in [4.78, 5) is 0. The zero-order valence-corrected chi connectivity index (χ0v) is 21.4. The Kier molecular flexibility index (Phi) is 3.67. The zero-order chi connectivity index (χ0) is 25.2. The molecule has 38 heavy (non-hydrogen) atoms. The van der Waals surface area contributed by atoms with Crippen LogP contribution < -0.4 is 0 Å². The summed E-state index contributed by atoms with van der Waals surface area (Å²) in [5.74, 6) is 0. The Bertz CT molecular complexity index is 2260. The summed E-state index contributed by atoms with van der Waals surface area (Å²) in [7, 11) is 0. The first kappa shape index (κ1) is 20.4. The van der Waals surface area contributed by atoms with Gasteiger partial charge in [0.2, 0.25) is 0 Å². The second-order valence-electron chi connectivity index (χ2n) is 11.4. The topological polar surface area (TPSA) is 4.41 Å². The summed E-state index contributed by atoms with van der Waals surface area (Å²) in [5.41, 5.74) is 12.1. The molecule has 0 atom stereocenters. The Morgan fingerprint density at radius 3 is 2.16 bits per heavy atom. The van der Waals surface area contributed by atoms with E-state index in [9.17, 15) is 0 Å². The van der Waals surface area contributed by atoms with Crippen LogP contribution >= 0.6 is 0 Å². The third-order valence-corrected chi connectivity index (χ3v) is 9.11. The third kappa shape index (κ3) is 2.33. The van der Waals surface area contributed by atoms with Crippen molar-refractivity contribution in [2.75, 3.05) is 0 Å². The number of hydrogen-bond acceptors (Lipinski definition) is 0. The van der Waals surface area contributed by atoms with Gasteiger partial charge < -0.3 is 4.40 Å². The van der Waals surface area contributed by atoms with Crippen LogP contribution in [0.3, 0.4) is 0 Å². The predicted octanol–water partition coefficient (Wildman–Crippen LogP) is 9.96. The number of rotatable bonds is 1. The first-order valence-corrected chi connectivity index (χ1v) is 13.5. The standard InChI is InChI=1S/C37H25N/c1-37(2)30-16-7-5-12-25(30)26-19-18-23(20-31(26)37)34-24-11-4-3-10-22(24)21-33-35(34)29-15-9-14-28-27-13-6-8-17-32(27)38(33)36(28)29/h3-21H,1-2H3. The minimum absolute atomic E-state index is 0.0306. The van der Waals surface area contributed by atoms with Crippen molar-refractivity contribution in [3.8, 4) is 22.3 Å². The fourth-order valence-corrected chi connectivity index (χ4v) is 7.41. The first-order valence-electron chi connectivity index (χ1n) is 13.5. The highest BCUT2D eigenvalue weighted by Crippen LogP contribution is 2.51. The lowest BCUT2D eigenvalue weighted by Crippen LogP contribution is -2.14. The molecule has 0 saturated heterocycles. The van der Waals surface area contributed by atoms with Crippen LogP contribution in [0.15, 0.2) is 115 Å². The van der Waals surface area contributed by atoms with Crippen molar-refractivity contribution in [3.05, 3.63) is 126 Å². The maximum Gasteiger partial charge on any atom is 0.0620 e. The van der Waals surface area contributed by atoms with Crippen molar-refractivity contribution in [1.82, 2.24) is 4.40 Å². The molecule has 0 unspecified atom stereocenters. The lowest BCUT2D eigenvalue weighted by atomic mass is 9.81. The van der Waals surface area contributed by atoms with E-state index in [-0.39, 0.29) is 5.41 Å². The lowest BCUT2D eigenvalue weighted by molar-refractivity contribution is 0.660. The van der Waals surface area contributed by atoms with Crippen molar-refractivity contribution in [1.29, 1.82) is 0 Å². The van der Waals surface area contributed by atoms with Gasteiger partial charge >= 0.3 is 0 Å². The molecule has 1 heteroatoms. The van der Waals surface area contributed by atoms with Gasteiger partial charge in [-0.15, -0.1) is 0 Å². The van der Waals surface area contributed by atoms with E-state index in [1.807, 2.05) is 0 Å². The van der Waals surface area contributed by atoms with Crippen LogP contribution in [0.2, 0.25) is 0 Å². The van der Waals surface area contributed by atoms with E-state index in [0.717, 1.165) is 0 Å². The van der Waals surface area contributed by atoms with Gasteiger partial charge in [0.05, 0.1) is 16.6 Å². The van der Waals surface area contributed by atoms with Crippen LogP contribution in [0, 0.1) is 0 Å². The molecular weight excluding hydrogens is 458 g/mol. The average molecular weight is 484 g/mol. The van der Waals surface area contributed by atoms with E-state index >= 15 is 0 Å². The van der Waals surface area contributed by atoms with Crippen LogP contribution in [0.1, 0.15) is 25.0 Å². The van der Waals surface area contributed by atoms with E-state index in [2.05, 4.69) is 134 Å². The van der Waals surface area contributed by atoms with E-state index in [1.165, 1.54) is 82.2 Å². The molecule has 0 radical (unpaired) electrons. The lowest BCUT2D eigenvalue weighted by Gasteiger charge is -2.22. The van der Waals surface area contributed by atoms with E-state index in [1.54, 1.807) is 0 Å². The zero-order valence-electron chi connectivity index (χ0n) is 21.4. The fourth-order valence-electron chi connectivity index (χ4n) is 7.41. The highest BCUT2D eigenvalue weighted by atomic mass is 14.9. The van der Waals surface area contributed by atoms with Crippen molar-refractivity contribution in [2.24, 2.45) is 0 Å². The summed E-state index contributed by atoms with van der Waals surface area (Å²) in [6.45, 7) is 4.74. The summed E-state index contributed by atoms with van der Waals surface area (Å²) >= 11 is 0. The summed E-state index contributed by atoms with van der Waals surface area (Å²) in [6, 6.07) is 43.0. The first-order chi connectivity index (χ1) is 18.6. The molecule has 9 rings (SSSR count). The quantitative estimate of drug-likeness (QED) is 0.219. The average Bonchev–Trinajstić information content (AvgIpc) is 3.55. The molecule has 2 heterocycles. The van der Waals surface area contributed by atoms with Gasteiger partial charge in [0.25, 0.3) is 0 Å². The highest BCUT2D eigenvalue weighted by Gasteiger charge is 2.35. The summed E-state index contributed by atoms with van der Waals surface area (Å²) in [5, 5.41) is 7.92. The Balaban J connectivity index is 1.47. The van der Waals surface area contributed by atoms with Crippen molar-refractivity contribution in [3.63, 3.8) is 0 Å². The van der Waals surface area contributed by atoms with Crippen LogP contribution in [0.25, 0.3) is 71.1 Å². The molecule has 0 spiro atoms. The molecule has 0 bridgehead atoms. The number of fused-ring (bicyclic) bond motifs is 10. The van der Waals surface area contributed by atoms with Crippen LogP contribution in [0.4, 0.5) is 0 Å². The Hall–Kier alpha value is -4.62. The van der Waals surface area contributed by atoms with E-state index < -0.39 is 0 Å². The maximum absolute atomic E-state index is 2.50. The van der Waals surface area contributed by atoms with Crippen molar-refractivity contribution < 1.29 is 0 Å². The number of aromatic nitrogens is 1. The number of benzene rings is 6. The molecule has 2 aromatic heterocycles. The molecule has 1 aliphatic rings. The number of hydrogen-bond donors (Lipinski definition) is 0. The third-order valence-electron chi connectivity index (χ3n) is 9.11. The molecule has 0 saturated carbocycles. The smallest absolute Gasteiger partial charge is 0.0620 e. The molecule has 1 nitrogen and oxygen atoms in total. The minimum Gasteiger partial charge on any atom is -0.308 e. The molecule has 0 amide bonds. The SMILES string of the molecule is CC1(C)c2ccccc2-c2ccc(-c3c4ccccc4cc4c3c3cccc5c6ccccc6n4c53)cc21. The molecule has 0 fully saturated rings. The second-order valence-corrected chi connectivity index (χ2v) is 11.4. The Morgan fingerprint density at radius 2 is 1.24 bits per heavy atom. The normalized spacial score (nSPS) is 14.3. The Labute approximate surface area is 220 Å². The highest BCUT2D eigenvalue weighted by molar-refractivity contribution is 6.29. The van der Waals surface area contributed by atoms with Crippen LogP contribution in [0.5, 0.6) is 0 Å². The van der Waals surface area contributed by atoms with Gasteiger partial charge in [-0.1, -0.05) is 111 Å². The van der Waals surface area contributed by atoms with Crippen LogP contribution in [-0.2, 0) is 5.41 Å². The van der Waals surface area contributed by atoms with Gasteiger partial charge in [-0.2, -0.15) is 0 Å². The molecule has 1 aliphatic carbocycles. The molecule has 0 aliphatic heterocycles.